The fourth-order valence-electron chi connectivity index (χ4n) is 4.95. The molecule has 0 radical (unpaired) electrons. The van der Waals surface area contributed by atoms with Crippen LogP contribution in [0.15, 0.2) is 57.8 Å². The van der Waals surface area contributed by atoms with Crippen LogP contribution in [0.2, 0.25) is 0 Å². The second kappa shape index (κ2) is 7.48. The number of hydrogen-bond acceptors (Lipinski definition) is 5. The Morgan fingerprint density at radius 1 is 1.21 bits per heavy atom. The van der Waals surface area contributed by atoms with Gasteiger partial charge in [-0.05, 0) is 69.2 Å². The van der Waals surface area contributed by atoms with Gasteiger partial charge in [0.2, 0.25) is 0 Å². The van der Waals surface area contributed by atoms with Crippen molar-refractivity contribution < 1.29 is 4.39 Å². The van der Waals surface area contributed by atoms with E-state index in [2.05, 4.69) is 27.1 Å². The molecule has 0 bridgehead atoms. The highest BCUT2D eigenvalue weighted by molar-refractivity contribution is 6.29. The van der Waals surface area contributed by atoms with Gasteiger partial charge in [0, 0.05) is 29.0 Å². The SMILES string of the molecule is CC1C2=C(C=C(Cl)CC2)NC=C2N1C=NN2[C@H]1CC[C@@H](c2ncccc2F)CC1. The summed E-state index contributed by atoms with van der Waals surface area (Å²) >= 11 is 6.27. The van der Waals surface area contributed by atoms with Crippen LogP contribution < -0.4 is 5.32 Å². The highest BCUT2D eigenvalue weighted by Crippen LogP contribution is 2.39. The molecule has 1 unspecified atom stereocenters. The van der Waals surface area contributed by atoms with Gasteiger partial charge in [-0.15, -0.1) is 0 Å². The number of nitrogens with zero attached hydrogens (tertiary/aromatic N) is 4. The molecule has 0 amide bonds. The average molecular weight is 414 g/mol. The van der Waals surface area contributed by atoms with Gasteiger partial charge in [-0.25, -0.2) is 9.40 Å². The normalized spacial score (nSPS) is 29.0. The van der Waals surface area contributed by atoms with Crippen molar-refractivity contribution >= 4 is 17.9 Å². The smallest absolute Gasteiger partial charge is 0.147 e. The van der Waals surface area contributed by atoms with Crippen molar-refractivity contribution in [1.82, 2.24) is 20.2 Å². The lowest BCUT2D eigenvalue weighted by Crippen LogP contribution is -2.38. The first kappa shape index (κ1) is 18.7. The molecule has 29 heavy (non-hydrogen) atoms. The third kappa shape index (κ3) is 3.33. The molecule has 4 aliphatic rings. The summed E-state index contributed by atoms with van der Waals surface area (Å²) < 4.78 is 14.1. The van der Waals surface area contributed by atoms with Gasteiger partial charge in [0.1, 0.15) is 18.0 Å². The zero-order valence-corrected chi connectivity index (χ0v) is 17.2. The average Bonchev–Trinajstić information content (AvgIpc) is 3.11. The number of pyridine rings is 1. The predicted molar refractivity (Wildman–Crippen MR) is 112 cm³/mol. The topological polar surface area (TPSA) is 43.8 Å². The highest BCUT2D eigenvalue weighted by Gasteiger charge is 2.37. The molecule has 1 aromatic rings. The van der Waals surface area contributed by atoms with Crippen molar-refractivity contribution in [3.05, 3.63) is 64.2 Å². The summed E-state index contributed by atoms with van der Waals surface area (Å²) in [7, 11) is 0. The van der Waals surface area contributed by atoms with Gasteiger partial charge in [-0.1, -0.05) is 11.6 Å². The van der Waals surface area contributed by atoms with E-state index in [1.807, 2.05) is 18.6 Å². The van der Waals surface area contributed by atoms with Crippen molar-refractivity contribution in [1.29, 1.82) is 0 Å². The molecule has 0 saturated heterocycles. The summed E-state index contributed by atoms with van der Waals surface area (Å²) in [6.07, 6.45) is 13.4. The fraction of sp³-hybridized carbons (Fsp3) is 0.455. The van der Waals surface area contributed by atoms with Crippen LogP contribution in [0.25, 0.3) is 0 Å². The lowest BCUT2D eigenvalue weighted by Gasteiger charge is -2.35. The van der Waals surface area contributed by atoms with E-state index in [1.54, 1.807) is 12.3 Å². The first-order valence-electron chi connectivity index (χ1n) is 10.4. The standard InChI is InChI=1S/C22H25ClFN5/c1-14-18-9-6-16(23)11-20(18)26-12-21-28(14)13-27-29(21)17-7-4-15(5-8-17)22-19(24)3-2-10-25-22/h2-3,10-15,17,26H,4-9H2,1H3/t14?,15-,17+. The van der Waals surface area contributed by atoms with Crippen LogP contribution in [0, 0.1) is 5.82 Å². The number of fused-ring (bicyclic) bond motifs is 1. The van der Waals surface area contributed by atoms with E-state index in [0.29, 0.717) is 11.7 Å². The van der Waals surface area contributed by atoms with Gasteiger partial charge in [-0.3, -0.25) is 4.98 Å². The Bertz CT molecular complexity index is 929. The number of hydrogen-bond donors (Lipinski definition) is 1. The molecule has 0 aromatic carbocycles. The summed E-state index contributed by atoms with van der Waals surface area (Å²) in [4.78, 5) is 6.53. The molecular formula is C22H25ClFN5. The van der Waals surface area contributed by atoms with E-state index in [-0.39, 0.29) is 17.8 Å². The molecule has 5 rings (SSSR count). The van der Waals surface area contributed by atoms with Gasteiger partial charge in [-0.2, -0.15) is 5.10 Å². The zero-order valence-electron chi connectivity index (χ0n) is 16.5. The number of hydrazone groups is 1. The van der Waals surface area contributed by atoms with Crippen LogP contribution >= 0.6 is 11.6 Å². The van der Waals surface area contributed by atoms with E-state index < -0.39 is 0 Å². The van der Waals surface area contributed by atoms with E-state index >= 15 is 0 Å². The summed E-state index contributed by atoms with van der Waals surface area (Å²) in [6, 6.07) is 3.71. The van der Waals surface area contributed by atoms with Crippen molar-refractivity contribution in [2.24, 2.45) is 5.10 Å². The fourth-order valence-corrected chi connectivity index (χ4v) is 5.15. The van der Waals surface area contributed by atoms with Crippen LogP contribution in [0.1, 0.15) is 57.1 Å². The van der Waals surface area contributed by atoms with E-state index in [0.717, 1.165) is 55.1 Å². The van der Waals surface area contributed by atoms with Gasteiger partial charge in [0.05, 0.1) is 17.8 Å². The number of nitrogens with one attached hydrogen (secondary N) is 1. The lowest BCUT2D eigenvalue weighted by atomic mass is 9.83. The minimum absolute atomic E-state index is 0.186. The maximum atomic E-state index is 14.1. The Labute approximate surface area is 175 Å². The molecule has 0 spiro atoms. The zero-order chi connectivity index (χ0) is 20.0. The number of rotatable bonds is 2. The molecule has 1 saturated carbocycles. The summed E-state index contributed by atoms with van der Waals surface area (Å²) in [6.45, 7) is 2.22. The molecule has 7 heteroatoms. The molecular weight excluding hydrogens is 389 g/mol. The summed E-state index contributed by atoms with van der Waals surface area (Å²) in [5, 5.41) is 11.2. The molecule has 2 aliphatic carbocycles. The summed E-state index contributed by atoms with van der Waals surface area (Å²) in [5.41, 5.74) is 3.09. The molecule has 1 N–H and O–H groups in total. The maximum absolute atomic E-state index is 14.1. The molecule has 1 aromatic heterocycles. The van der Waals surface area contributed by atoms with Crippen LogP contribution in [0.5, 0.6) is 0 Å². The Morgan fingerprint density at radius 2 is 2.03 bits per heavy atom. The van der Waals surface area contributed by atoms with E-state index in [1.165, 1.54) is 11.6 Å². The van der Waals surface area contributed by atoms with Crippen LogP contribution in [0.3, 0.4) is 0 Å². The third-order valence-electron chi connectivity index (χ3n) is 6.57. The first-order chi connectivity index (χ1) is 14.1. The molecule has 1 fully saturated rings. The van der Waals surface area contributed by atoms with Crippen LogP contribution in [0.4, 0.5) is 4.39 Å². The van der Waals surface area contributed by atoms with Crippen LogP contribution in [-0.4, -0.2) is 33.3 Å². The highest BCUT2D eigenvalue weighted by atomic mass is 35.5. The first-order valence-corrected chi connectivity index (χ1v) is 10.8. The van der Waals surface area contributed by atoms with Crippen molar-refractivity contribution in [3.8, 4) is 0 Å². The van der Waals surface area contributed by atoms with Gasteiger partial charge < -0.3 is 10.2 Å². The Morgan fingerprint density at radius 3 is 2.83 bits per heavy atom. The molecule has 152 valence electrons. The Hall–Kier alpha value is -2.34. The van der Waals surface area contributed by atoms with Gasteiger partial charge in [0.15, 0.2) is 0 Å². The second-order valence-electron chi connectivity index (χ2n) is 8.21. The van der Waals surface area contributed by atoms with Crippen LogP contribution in [-0.2, 0) is 0 Å². The summed E-state index contributed by atoms with van der Waals surface area (Å²) in [5.74, 6) is 1.08. The lowest BCUT2D eigenvalue weighted by molar-refractivity contribution is 0.176. The Balaban J connectivity index is 1.31. The third-order valence-corrected chi connectivity index (χ3v) is 6.87. The van der Waals surface area contributed by atoms with Crippen molar-refractivity contribution in [2.45, 2.75) is 63.5 Å². The number of allylic oxidation sites excluding steroid dienone is 2. The minimum atomic E-state index is -0.186. The maximum Gasteiger partial charge on any atom is 0.147 e. The van der Waals surface area contributed by atoms with Crippen molar-refractivity contribution in [2.75, 3.05) is 0 Å². The molecule has 2 aliphatic heterocycles. The number of aromatic nitrogens is 1. The van der Waals surface area contributed by atoms with Crippen molar-refractivity contribution in [3.63, 3.8) is 0 Å². The van der Waals surface area contributed by atoms with E-state index in [4.69, 9.17) is 16.7 Å². The monoisotopic (exact) mass is 413 g/mol. The molecule has 3 heterocycles. The second-order valence-corrected chi connectivity index (χ2v) is 8.70. The van der Waals surface area contributed by atoms with Gasteiger partial charge >= 0.3 is 0 Å². The quantitative estimate of drug-likeness (QED) is 0.758. The minimum Gasteiger partial charge on any atom is -0.358 e. The predicted octanol–water partition coefficient (Wildman–Crippen LogP) is 4.77. The van der Waals surface area contributed by atoms with E-state index in [9.17, 15) is 4.39 Å². The number of halogens is 2. The Kier molecular flexibility index (Phi) is 4.82. The molecule has 1 atom stereocenters. The van der Waals surface area contributed by atoms with Gasteiger partial charge in [0.25, 0.3) is 0 Å². The molecule has 5 nitrogen and oxygen atoms in total. The largest absolute Gasteiger partial charge is 0.358 e.